The minimum atomic E-state index is -1.09. The van der Waals surface area contributed by atoms with Crippen molar-refractivity contribution in [1.29, 1.82) is 5.26 Å². The van der Waals surface area contributed by atoms with E-state index in [2.05, 4.69) is 11.4 Å². The van der Waals surface area contributed by atoms with E-state index < -0.39 is 17.4 Å². The zero-order chi connectivity index (χ0) is 9.90. The summed E-state index contributed by atoms with van der Waals surface area (Å²) in [4.78, 5) is 20.6. The Labute approximate surface area is 75.3 Å². The van der Waals surface area contributed by atoms with Crippen molar-refractivity contribution in [1.82, 2.24) is 5.32 Å². The number of amides is 1. The van der Waals surface area contributed by atoms with Gasteiger partial charge in [-0.2, -0.15) is 5.26 Å². The van der Waals surface area contributed by atoms with Crippen molar-refractivity contribution in [2.75, 3.05) is 0 Å². The highest BCUT2D eigenvalue weighted by Gasteiger charge is 2.46. The van der Waals surface area contributed by atoms with Crippen molar-refractivity contribution in [3.8, 4) is 6.07 Å². The predicted octanol–water partition coefficient (Wildman–Crippen LogP) is -0.121. The molecular weight excluding hydrogens is 172 g/mol. The fourth-order valence-electron chi connectivity index (χ4n) is 1.20. The normalized spacial score (nSPS) is 19.6. The monoisotopic (exact) mass is 182 g/mol. The number of hydrogen-bond acceptors (Lipinski definition) is 3. The van der Waals surface area contributed by atoms with Gasteiger partial charge in [0.1, 0.15) is 6.04 Å². The SMILES string of the molecule is N#CC1(CC(NC=O)C(=O)O)CC1. The second-order valence-electron chi connectivity index (χ2n) is 3.27. The standard InChI is InChI=1S/C8H10N2O3/c9-4-8(1-2-8)3-6(7(12)13)10-5-11/h5-6H,1-3H2,(H,10,11)(H,12,13). The summed E-state index contributed by atoms with van der Waals surface area (Å²) in [5, 5.41) is 19.5. The molecule has 1 saturated carbocycles. The van der Waals surface area contributed by atoms with Crippen molar-refractivity contribution in [3.63, 3.8) is 0 Å². The average Bonchev–Trinajstić information content (AvgIpc) is 2.85. The Morgan fingerprint density at radius 2 is 2.38 bits per heavy atom. The van der Waals surface area contributed by atoms with E-state index in [0.717, 1.165) is 12.8 Å². The van der Waals surface area contributed by atoms with E-state index in [4.69, 9.17) is 10.4 Å². The topological polar surface area (TPSA) is 90.2 Å². The molecule has 1 fully saturated rings. The molecule has 1 unspecified atom stereocenters. The number of nitrogens with zero attached hydrogens (tertiary/aromatic N) is 1. The molecular formula is C8H10N2O3. The summed E-state index contributed by atoms with van der Waals surface area (Å²) in [5.74, 6) is -1.09. The minimum Gasteiger partial charge on any atom is -0.480 e. The van der Waals surface area contributed by atoms with Gasteiger partial charge in [-0.3, -0.25) is 4.79 Å². The van der Waals surface area contributed by atoms with Crippen LogP contribution < -0.4 is 5.32 Å². The number of rotatable bonds is 5. The number of carbonyl (C=O) groups is 2. The van der Waals surface area contributed by atoms with E-state index in [1.807, 2.05) is 0 Å². The Morgan fingerprint density at radius 3 is 2.69 bits per heavy atom. The van der Waals surface area contributed by atoms with Gasteiger partial charge in [-0.1, -0.05) is 0 Å². The number of carboxylic acids is 1. The zero-order valence-electron chi connectivity index (χ0n) is 6.99. The van der Waals surface area contributed by atoms with Gasteiger partial charge in [-0.15, -0.1) is 0 Å². The molecule has 5 nitrogen and oxygen atoms in total. The highest BCUT2D eigenvalue weighted by molar-refractivity contribution is 5.76. The lowest BCUT2D eigenvalue weighted by Crippen LogP contribution is -2.37. The van der Waals surface area contributed by atoms with Crippen LogP contribution in [0.1, 0.15) is 19.3 Å². The van der Waals surface area contributed by atoms with Gasteiger partial charge in [0.05, 0.1) is 11.5 Å². The van der Waals surface area contributed by atoms with Crippen LogP contribution in [0.15, 0.2) is 0 Å². The van der Waals surface area contributed by atoms with Crippen LogP contribution in [0.4, 0.5) is 0 Å². The fourth-order valence-corrected chi connectivity index (χ4v) is 1.20. The first kappa shape index (κ1) is 9.52. The summed E-state index contributed by atoms with van der Waals surface area (Å²) >= 11 is 0. The Kier molecular flexibility index (Phi) is 2.52. The fraction of sp³-hybridized carbons (Fsp3) is 0.625. The third-order valence-corrected chi connectivity index (χ3v) is 2.25. The van der Waals surface area contributed by atoms with Gasteiger partial charge >= 0.3 is 5.97 Å². The molecule has 1 aliphatic carbocycles. The van der Waals surface area contributed by atoms with E-state index in [-0.39, 0.29) is 6.42 Å². The van der Waals surface area contributed by atoms with Crippen molar-refractivity contribution in [3.05, 3.63) is 0 Å². The molecule has 0 aromatic carbocycles. The number of hydrogen-bond donors (Lipinski definition) is 2. The van der Waals surface area contributed by atoms with Crippen LogP contribution in [-0.4, -0.2) is 23.5 Å². The Hall–Kier alpha value is -1.57. The van der Waals surface area contributed by atoms with E-state index >= 15 is 0 Å². The molecule has 1 atom stereocenters. The van der Waals surface area contributed by atoms with Crippen LogP contribution >= 0.6 is 0 Å². The van der Waals surface area contributed by atoms with E-state index in [0.29, 0.717) is 6.41 Å². The smallest absolute Gasteiger partial charge is 0.326 e. The zero-order valence-corrected chi connectivity index (χ0v) is 6.99. The van der Waals surface area contributed by atoms with E-state index in [1.54, 1.807) is 0 Å². The third kappa shape index (κ3) is 2.18. The lowest BCUT2D eigenvalue weighted by Gasteiger charge is -2.13. The van der Waals surface area contributed by atoms with Gasteiger partial charge in [0.15, 0.2) is 0 Å². The van der Waals surface area contributed by atoms with Gasteiger partial charge in [0.2, 0.25) is 6.41 Å². The number of nitrogens with one attached hydrogen (secondary N) is 1. The molecule has 0 saturated heterocycles. The lowest BCUT2D eigenvalue weighted by atomic mass is 9.99. The number of carboxylic acid groups (broad SMARTS) is 1. The third-order valence-electron chi connectivity index (χ3n) is 2.25. The molecule has 5 heteroatoms. The molecule has 2 N–H and O–H groups in total. The summed E-state index contributed by atoms with van der Waals surface area (Å²) < 4.78 is 0. The van der Waals surface area contributed by atoms with Gasteiger partial charge in [0.25, 0.3) is 0 Å². The molecule has 0 aromatic rings. The highest BCUT2D eigenvalue weighted by Crippen LogP contribution is 2.48. The largest absolute Gasteiger partial charge is 0.480 e. The summed E-state index contributed by atoms with van der Waals surface area (Å²) in [6, 6.07) is 1.15. The summed E-state index contributed by atoms with van der Waals surface area (Å²) in [5.41, 5.74) is -0.501. The van der Waals surface area contributed by atoms with Gasteiger partial charge in [-0.25, -0.2) is 4.79 Å². The quantitative estimate of drug-likeness (QED) is 0.580. The van der Waals surface area contributed by atoms with Crippen molar-refractivity contribution < 1.29 is 14.7 Å². The molecule has 0 spiro atoms. The van der Waals surface area contributed by atoms with Gasteiger partial charge in [-0.05, 0) is 19.3 Å². The van der Waals surface area contributed by atoms with E-state index in [1.165, 1.54) is 0 Å². The van der Waals surface area contributed by atoms with Crippen molar-refractivity contribution in [2.24, 2.45) is 5.41 Å². The number of nitriles is 1. The molecule has 0 heterocycles. The van der Waals surface area contributed by atoms with Crippen LogP contribution in [0.3, 0.4) is 0 Å². The Morgan fingerprint density at radius 1 is 1.77 bits per heavy atom. The maximum Gasteiger partial charge on any atom is 0.326 e. The van der Waals surface area contributed by atoms with Crippen LogP contribution in [0.5, 0.6) is 0 Å². The Bertz CT molecular complexity index is 265. The average molecular weight is 182 g/mol. The molecule has 0 radical (unpaired) electrons. The van der Waals surface area contributed by atoms with Crippen LogP contribution in [0.2, 0.25) is 0 Å². The van der Waals surface area contributed by atoms with Crippen LogP contribution in [0, 0.1) is 16.7 Å². The van der Waals surface area contributed by atoms with Crippen molar-refractivity contribution in [2.45, 2.75) is 25.3 Å². The van der Waals surface area contributed by atoms with Crippen LogP contribution in [-0.2, 0) is 9.59 Å². The number of aliphatic carboxylic acids is 1. The summed E-state index contributed by atoms with van der Waals surface area (Å²) in [6.45, 7) is 0. The first-order valence-electron chi connectivity index (χ1n) is 3.97. The first-order chi connectivity index (χ1) is 6.13. The van der Waals surface area contributed by atoms with Gasteiger partial charge in [0, 0.05) is 0 Å². The molecule has 0 aromatic heterocycles. The highest BCUT2D eigenvalue weighted by atomic mass is 16.4. The summed E-state index contributed by atoms with van der Waals surface area (Å²) in [7, 11) is 0. The van der Waals surface area contributed by atoms with Crippen molar-refractivity contribution >= 4 is 12.4 Å². The first-order valence-corrected chi connectivity index (χ1v) is 3.97. The number of carbonyl (C=O) groups excluding carboxylic acids is 1. The Balaban J connectivity index is 2.53. The predicted molar refractivity (Wildman–Crippen MR) is 42.5 cm³/mol. The molecule has 1 amide bonds. The molecule has 70 valence electrons. The minimum absolute atomic E-state index is 0.206. The summed E-state index contributed by atoms with van der Waals surface area (Å²) in [6.07, 6.45) is 2.02. The maximum atomic E-state index is 10.6. The van der Waals surface area contributed by atoms with Crippen LogP contribution in [0.25, 0.3) is 0 Å². The van der Waals surface area contributed by atoms with Gasteiger partial charge < -0.3 is 10.4 Å². The molecule has 1 aliphatic rings. The molecule has 13 heavy (non-hydrogen) atoms. The second kappa shape index (κ2) is 3.44. The maximum absolute atomic E-state index is 10.6. The lowest BCUT2D eigenvalue weighted by molar-refractivity contribution is -0.141. The molecule has 0 aliphatic heterocycles. The van der Waals surface area contributed by atoms with E-state index in [9.17, 15) is 9.59 Å². The molecule has 0 bridgehead atoms. The second-order valence-corrected chi connectivity index (χ2v) is 3.27. The molecule has 1 rings (SSSR count).